The molecule has 14 bridgehead atoms. The summed E-state index contributed by atoms with van der Waals surface area (Å²) >= 11 is 0. The molecule has 0 saturated carbocycles. The molecule has 0 amide bonds. The number of hydrogen-bond donors (Lipinski definition) is 20. The zero-order chi connectivity index (χ0) is 58.9. The zero-order valence-electron chi connectivity index (χ0n) is 43.3. The normalized spacial score (nSPS) is 53.2. The number of aliphatic hydroxyl groups excluding tert-OH is 20. The highest BCUT2D eigenvalue weighted by Crippen LogP contribution is 2.40. The Morgan fingerprint density at radius 3 is 0.753 bits per heavy atom. The predicted octanol–water partition coefficient (Wildman–Crippen LogP) is -13.5. The molecule has 0 aromatic heterocycles. The van der Waals surface area contributed by atoms with Gasteiger partial charge in [0, 0.05) is 19.1 Å². The van der Waals surface area contributed by atoms with E-state index < -0.39 is 268 Å². The van der Waals surface area contributed by atoms with Gasteiger partial charge in [-0.2, -0.15) is 0 Å². The van der Waals surface area contributed by atoms with Crippen molar-refractivity contribution >= 4 is 0 Å². The van der Waals surface area contributed by atoms with Crippen molar-refractivity contribution in [3.63, 3.8) is 0 Å². The van der Waals surface area contributed by atoms with Crippen LogP contribution in [0.15, 0.2) is 0 Å². The van der Waals surface area contributed by atoms with Gasteiger partial charge >= 0.3 is 0 Å². The van der Waals surface area contributed by atoms with Crippen molar-refractivity contribution in [1.29, 1.82) is 0 Å². The smallest absolute Gasteiger partial charge is 0.187 e. The number of ether oxygens (including phenoxy) is 15. The van der Waals surface area contributed by atoms with Crippen molar-refractivity contribution in [3.8, 4) is 0 Å². The van der Waals surface area contributed by atoms with E-state index in [2.05, 4.69) is 0 Å². The lowest BCUT2D eigenvalue weighted by atomic mass is 9.90. The van der Waals surface area contributed by atoms with E-state index in [0.29, 0.717) is 0 Å². The van der Waals surface area contributed by atoms with Crippen LogP contribution in [0.1, 0.15) is 13.3 Å². The summed E-state index contributed by atoms with van der Waals surface area (Å²) in [6.45, 7) is -6.28. The topological polar surface area (TPSA) is 543 Å². The molecule has 0 aromatic carbocycles. The summed E-state index contributed by atoms with van der Waals surface area (Å²) in [4.78, 5) is 0. The predicted molar refractivity (Wildman–Crippen MR) is 247 cm³/mol. The van der Waals surface area contributed by atoms with Crippen molar-refractivity contribution in [2.45, 2.75) is 222 Å². The molecule has 35 unspecified atom stereocenters. The number of aliphatic hydroxyl groups is 20. The third kappa shape index (κ3) is 13.4. The summed E-state index contributed by atoms with van der Waals surface area (Å²) in [6.07, 6.45) is -64.5. The first-order valence-corrected chi connectivity index (χ1v) is 26.5. The van der Waals surface area contributed by atoms with Crippen LogP contribution >= 0.6 is 0 Å². The Bertz CT molecular complexity index is 1890. The molecule has 21 rings (SSSR count). The summed E-state index contributed by atoms with van der Waals surface area (Å²) < 4.78 is 87.6. The molecule has 21 saturated heterocycles. The van der Waals surface area contributed by atoms with Crippen LogP contribution in [0, 0.1) is 5.92 Å². The fourth-order valence-electron chi connectivity index (χ4n) is 11.1. The van der Waals surface area contributed by atoms with Crippen molar-refractivity contribution in [1.82, 2.24) is 0 Å². The first-order chi connectivity index (χ1) is 38.7. The van der Waals surface area contributed by atoms with Crippen molar-refractivity contribution in [3.05, 3.63) is 0 Å². The van der Waals surface area contributed by atoms with Gasteiger partial charge in [0.1, 0.15) is 159 Å². The molecule has 21 aliphatic heterocycles. The van der Waals surface area contributed by atoms with E-state index >= 15 is 0 Å². The van der Waals surface area contributed by atoms with Gasteiger partial charge in [-0.15, -0.1) is 0 Å². The Labute approximate surface area is 460 Å². The molecule has 0 aromatic rings. The van der Waals surface area contributed by atoms with Crippen LogP contribution in [0.5, 0.6) is 0 Å². The maximum absolute atomic E-state index is 11.9. The van der Waals surface area contributed by atoms with Crippen LogP contribution in [0.4, 0.5) is 0 Å². The van der Waals surface area contributed by atoms with E-state index in [1.165, 1.54) is 6.92 Å². The largest absolute Gasteiger partial charge is 0.396 e. The minimum atomic E-state index is -2.20. The molecule has 20 N–H and O–H groups in total. The van der Waals surface area contributed by atoms with Crippen molar-refractivity contribution in [2.75, 3.05) is 59.5 Å². The van der Waals surface area contributed by atoms with Crippen LogP contribution in [-0.4, -0.2) is 370 Å². The first kappa shape index (κ1) is 65.6. The average Bonchev–Trinajstić information content (AvgIpc) is 3.55. The summed E-state index contributed by atoms with van der Waals surface area (Å²) in [7, 11) is 0. The molecule has 0 spiro atoms. The van der Waals surface area contributed by atoms with Gasteiger partial charge in [-0.05, 0) is 6.42 Å². The van der Waals surface area contributed by atoms with Crippen molar-refractivity contribution in [2.24, 2.45) is 5.92 Å². The maximum atomic E-state index is 11.9. The summed E-state index contributed by atoms with van der Waals surface area (Å²) in [5, 5.41) is 221. The molecule has 0 radical (unpaired) electrons. The van der Waals surface area contributed by atoms with E-state index in [-0.39, 0.29) is 13.0 Å². The number of hydrogen-bond acceptors (Lipinski definition) is 35. The van der Waals surface area contributed by atoms with Gasteiger partial charge in [-0.25, -0.2) is 0 Å². The minimum absolute atomic E-state index is 0.0388. The van der Waals surface area contributed by atoms with E-state index in [1.54, 1.807) is 0 Å². The Morgan fingerprint density at radius 1 is 0.259 bits per heavy atom. The van der Waals surface area contributed by atoms with E-state index in [4.69, 9.17) is 71.1 Å². The van der Waals surface area contributed by atoms with Crippen LogP contribution in [-0.2, 0) is 71.1 Å². The Balaban J connectivity index is 1.10. The van der Waals surface area contributed by atoms with Gasteiger partial charge in [-0.3, -0.25) is 0 Å². The fourth-order valence-corrected chi connectivity index (χ4v) is 11.1. The Hall–Kier alpha value is -1.40. The van der Waals surface area contributed by atoms with Crippen LogP contribution in [0.2, 0.25) is 0 Å². The molecular formula is C46H78O35. The second-order valence-electron chi connectivity index (χ2n) is 20.9. The lowest BCUT2D eigenvalue weighted by Gasteiger charge is -2.50. The highest BCUT2D eigenvalue weighted by atomic mass is 16.8. The summed E-state index contributed by atoms with van der Waals surface area (Å²) in [6, 6.07) is 0. The molecule has 0 aliphatic carbocycles. The monoisotopic (exact) mass is 1190 g/mol. The molecule has 35 atom stereocenters. The Morgan fingerprint density at radius 2 is 0.481 bits per heavy atom. The van der Waals surface area contributed by atoms with Gasteiger partial charge in [0.05, 0.1) is 52.4 Å². The summed E-state index contributed by atoms with van der Waals surface area (Å²) in [5.41, 5.74) is 0. The van der Waals surface area contributed by atoms with Gasteiger partial charge in [0.2, 0.25) is 0 Å². The average molecular weight is 1190 g/mol. The molecule has 81 heavy (non-hydrogen) atoms. The van der Waals surface area contributed by atoms with Gasteiger partial charge < -0.3 is 173 Å². The quantitative estimate of drug-likeness (QED) is 0.0854. The third-order valence-corrected chi connectivity index (χ3v) is 15.7. The third-order valence-electron chi connectivity index (χ3n) is 15.7. The SMILES string of the molecule is CC1C(O)C2OC(CO)C1OC1OC(CO)C(OC3OC(CO)C(OC4OC(CO)C(OC5OC(CO)C(OC6OC(CO)C(OC7OC(CO)C(O2)C(O)C7O)C(O)C6O)C(O)C5O)C(O)C4O)C(O)C3OCCCO)C(O)C1O. The molecule has 472 valence electrons. The molecule has 21 heterocycles. The van der Waals surface area contributed by atoms with E-state index in [9.17, 15) is 102 Å². The lowest BCUT2D eigenvalue weighted by Crippen LogP contribution is -2.68. The highest BCUT2D eigenvalue weighted by Gasteiger charge is 2.59. The maximum Gasteiger partial charge on any atom is 0.187 e. The van der Waals surface area contributed by atoms with Gasteiger partial charge in [0.25, 0.3) is 0 Å². The lowest BCUT2D eigenvalue weighted by molar-refractivity contribution is -0.397. The van der Waals surface area contributed by atoms with Crippen LogP contribution < -0.4 is 0 Å². The second-order valence-corrected chi connectivity index (χ2v) is 20.9. The van der Waals surface area contributed by atoms with Crippen LogP contribution in [0.25, 0.3) is 0 Å². The van der Waals surface area contributed by atoms with E-state index in [1.807, 2.05) is 0 Å². The minimum Gasteiger partial charge on any atom is -0.396 e. The van der Waals surface area contributed by atoms with Gasteiger partial charge in [-0.1, -0.05) is 6.92 Å². The first-order valence-electron chi connectivity index (χ1n) is 26.5. The van der Waals surface area contributed by atoms with Crippen LogP contribution in [0.3, 0.4) is 0 Å². The summed E-state index contributed by atoms with van der Waals surface area (Å²) in [5.74, 6) is -1.17. The molecular weight excluding hydrogens is 1110 g/mol. The standard InChI is InChI=1S/C46H78O35/c1-12-20(55)40-68-13(5-48)32(12)75-41-26(61)25(60)37(18(10-53)69-41)81-46-39(67-4-2-3-47)31(66)38(19(11-54)74-46)80-45-30(65)24(59)36(17(9-52)73-45)79-44-29(64)23(58)35(16(8-51)72-44)78-43-28(63)22(57)34(15(7-50)71-43)77-42-27(62)21(56)33(76-40)14(6-49)70-42/h12-66H,2-11H2,1H3. The molecule has 21 fully saturated rings. The Kier molecular flexibility index (Phi) is 23.2. The van der Waals surface area contributed by atoms with Gasteiger partial charge in [0.15, 0.2) is 44.0 Å². The molecule has 35 heteroatoms. The zero-order valence-corrected chi connectivity index (χ0v) is 43.3. The highest BCUT2D eigenvalue weighted by molar-refractivity contribution is 5.01. The molecule has 35 nitrogen and oxygen atoms in total. The molecule has 21 aliphatic rings. The number of rotatable bonds is 11. The van der Waals surface area contributed by atoms with Crippen molar-refractivity contribution < 1.29 is 173 Å². The second kappa shape index (κ2) is 28.6. The fraction of sp³-hybridized carbons (Fsp3) is 1.00. The van der Waals surface area contributed by atoms with E-state index in [0.717, 1.165) is 0 Å².